The highest BCUT2D eigenvalue weighted by atomic mass is 32.2. The van der Waals surface area contributed by atoms with Crippen molar-refractivity contribution in [1.82, 2.24) is 29.4 Å². The molecule has 15 nitrogen and oxygen atoms in total. The Hall–Kier alpha value is -5.85. The van der Waals surface area contributed by atoms with E-state index in [-0.39, 0.29) is 49.1 Å². The normalized spacial score (nSPS) is 23.7. The van der Waals surface area contributed by atoms with Gasteiger partial charge in [-0.2, -0.15) is 0 Å². The summed E-state index contributed by atoms with van der Waals surface area (Å²) in [6.45, 7) is 95.5. The summed E-state index contributed by atoms with van der Waals surface area (Å²) in [5, 5.41) is 3.35. The Kier molecular flexibility index (Phi) is 26.2. The fourth-order valence-corrected chi connectivity index (χ4v) is 11.3. The van der Waals surface area contributed by atoms with Gasteiger partial charge in [-0.1, -0.05) is 108 Å². The van der Waals surface area contributed by atoms with Crippen LogP contribution in [0.4, 0.5) is 0 Å². The van der Waals surface area contributed by atoms with Gasteiger partial charge in [0, 0.05) is 77.3 Å². The Morgan fingerprint density at radius 1 is 0.391 bits per heavy atom. The fraction of sp³-hybridized carbons (Fsp3) is 0.565. The predicted molar refractivity (Wildman–Crippen MR) is 388 cm³/mol. The lowest BCUT2D eigenvalue weighted by atomic mass is 10.0. The molecule has 0 atom stereocenters. The first-order chi connectivity index (χ1) is 38.8. The van der Waals surface area contributed by atoms with Crippen molar-refractivity contribution in [2.45, 2.75) is 215 Å². The van der Waals surface area contributed by atoms with Crippen LogP contribution in [0.1, 0.15) is 166 Å². The van der Waals surface area contributed by atoms with E-state index in [2.05, 4.69) is 207 Å². The zero-order valence-corrected chi connectivity index (χ0v) is 62.3. The zero-order chi connectivity index (χ0) is 68.8. The SMILES string of the molecule is C=C1N(C)C(=C)C(C)(C)N1C.C=C1N(C)C(C)=NC1(C)C.C=C1N=C(C)N(C)C1(C)C.C=C1N=C(C)OC1(C)C.C=C1N=C(C)SC1(C)C.C=C1OC(=C)C(C)(C)N1C.C=C1OC(C)=NC1(C)C.C=C1SC(=C)C(C)(C)N1C.C=C1SC(C)=NC1(C)C. The number of likely N-dealkylation sites (N-methyl/N-ethyl adjacent to an activating group) is 6. The average molecular weight is 1260 g/mol. The Bertz CT molecular complexity index is 2860. The highest BCUT2D eigenvalue weighted by Gasteiger charge is 2.40. The number of rotatable bonds is 0. The van der Waals surface area contributed by atoms with Crippen molar-refractivity contribution >= 4 is 68.8 Å². The van der Waals surface area contributed by atoms with Crippen LogP contribution in [0.25, 0.3) is 0 Å². The summed E-state index contributed by atoms with van der Waals surface area (Å²) >= 11 is 5.14. The maximum atomic E-state index is 5.31. The molecule has 0 radical (unpaired) electrons. The molecule has 9 rings (SSSR count). The van der Waals surface area contributed by atoms with Gasteiger partial charge in [-0.25, -0.2) is 15.0 Å². The second-order valence-electron chi connectivity index (χ2n) is 26.9. The van der Waals surface area contributed by atoms with E-state index in [9.17, 15) is 0 Å². The van der Waals surface area contributed by atoms with Gasteiger partial charge in [-0.3, -0.25) is 15.0 Å². The highest BCUT2D eigenvalue weighted by Crippen LogP contribution is 2.46. The standard InChI is InChI=1S/C9H16N2.2C8H14N2.C8H13NO.C8H13NS.2C7H11NO.2C7H11NS/c1-7-9(3,4)11(6)8(2)10(7)5;1-6-8(3,4)9-7(2)10(6)5;1-6-8(3,4)10(5)7(2)9-6;2*1-6-8(3,4)9(5)7(2)10-6;1-5-7(3,4)8-6(2)9-5;1-5-7(3,4)9-6(2)8-5;1-5-7(3,4)8-6(2)9-5;1-5-7(3,4)9-6(2)8-5/h1-2H2,3-6H3;2*1H2,2-5H3;2*1-2H2,3-5H3;4*1H2,2-4H3. The molecule has 0 N–H and O–H groups in total. The van der Waals surface area contributed by atoms with E-state index in [1.807, 2.05) is 140 Å². The molecule has 0 amide bonds. The Labute approximate surface area is 542 Å². The van der Waals surface area contributed by atoms with Crippen LogP contribution in [0.5, 0.6) is 0 Å². The van der Waals surface area contributed by atoms with Crippen LogP contribution in [0.15, 0.2) is 175 Å². The molecule has 0 unspecified atom stereocenters. The maximum absolute atomic E-state index is 5.31. The molecule has 0 spiro atoms. The number of thioether (sulfide) groups is 3. The molecule has 9 aliphatic heterocycles. The molecule has 9 aliphatic rings. The number of ether oxygens (including phenoxy) is 3. The molecule has 0 aliphatic carbocycles. The third-order valence-electron chi connectivity index (χ3n) is 16.9. The van der Waals surface area contributed by atoms with Crippen LogP contribution in [0.2, 0.25) is 0 Å². The first-order valence-corrected chi connectivity index (χ1v) is 31.4. The van der Waals surface area contributed by atoms with E-state index < -0.39 is 0 Å². The van der Waals surface area contributed by atoms with Crippen LogP contribution < -0.4 is 0 Å². The molecule has 3 fully saturated rings. The highest BCUT2D eigenvalue weighted by molar-refractivity contribution is 8.17. The van der Waals surface area contributed by atoms with E-state index in [4.69, 9.17) is 14.2 Å². The van der Waals surface area contributed by atoms with Crippen LogP contribution in [0.3, 0.4) is 0 Å². The molecule has 0 saturated carbocycles. The Morgan fingerprint density at radius 2 is 0.908 bits per heavy atom. The summed E-state index contributed by atoms with van der Waals surface area (Å²) in [5.74, 6) is 6.72. The lowest BCUT2D eigenvalue weighted by Gasteiger charge is -2.29. The van der Waals surface area contributed by atoms with Gasteiger partial charge in [0.15, 0.2) is 17.7 Å². The van der Waals surface area contributed by atoms with Gasteiger partial charge < -0.3 is 43.6 Å². The van der Waals surface area contributed by atoms with Gasteiger partial charge in [-0.15, -0.1) is 0 Å². The second-order valence-corrected chi connectivity index (χ2v) is 31.1. The third-order valence-corrected chi connectivity index (χ3v) is 20.4. The number of hydrogen-bond donors (Lipinski definition) is 0. The van der Waals surface area contributed by atoms with Crippen molar-refractivity contribution in [3.8, 4) is 0 Å². The molecule has 0 bridgehead atoms. The van der Waals surface area contributed by atoms with Crippen molar-refractivity contribution in [3.05, 3.63) is 145 Å². The van der Waals surface area contributed by atoms with Crippen LogP contribution in [0, 0.1) is 0 Å². The average Bonchev–Trinajstić information content (AvgIpc) is 3.48. The molecular weight excluding hydrogens is 1140 g/mol. The van der Waals surface area contributed by atoms with Gasteiger partial charge in [0.2, 0.25) is 0 Å². The lowest BCUT2D eigenvalue weighted by molar-refractivity contribution is 0.153. The van der Waals surface area contributed by atoms with Crippen molar-refractivity contribution in [2.24, 2.45) is 30.0 Å². The maximum Gasteiger partial charge on any atom is 0.188 e. The summed E-state index contributed by atoms with van der Waals surface area (Å²) in [7, 11) is 12.1. The summed E-state index contributed by atoms with van der Waals surface area (Å²) in [6, 6.07) is 0. The largest absolute Gasteiger partial charge is 0.469 e. The topological polar surface area (TPSA) is 121 Å². The lowest BCUT2D eigenvalue weighted by Crippen LogP contribution is -2.39. The zero-order valence-electron chi connectivity index (χ0n) is 59.8. The first-order valence-electron chi connectivity index (χ1n) is 29.0. The minimum Gasteiger partial charge on any atom is -0.469 e. The van der Waals surface area contributed by atoms with Gasteiger partial charge >= 0.3 is 0 Å². The smallest absolute Gasteiger partial charge is 0.188 e. The minimum absolute atomic E-state index is 0.0179. The van der Waals surface area contributed by atoms with Gasteiger partial charge in [-0.05, 0) is 159 Å². The molecule has 486 valence electrons. The summed E-state index contributed by atoms with van der Waals surface area (Å²) < 4.78 is 15.8. The van der Waals surface area contributed by atoms with E-state index in [1.54, 1.807) is 35.3 Å². The predicted octanol–water partition coefficient (Wildman–Crippen LogP) is 17.4. The Balaban J connectivity index is 0.000000490. The summed E-state index contributed by atoms with van der Waals surface area (Å²) in [5.41, 5.74) is 4.36. The second kappa shape index (κ2) is 28.8. The van der Waals surface area contributed by atoms with Gasteiger partial charge in [0.05, 0.1) is 70.2 Å². The minimum atomic E-state index is -0.274. The number of hydrogen-bond acceptors (Lipinski definition) is 18. The van der Waals surface area contributed by atoms with Gasteiger partial charge in [0.1, 0.15) is 40.2 Å². The molecule has 0 aromatic rings. The fourth-order valence-electron chi connectivity index (χ4n) is 8.25. The van der Waals surface area contributed by atoms with Crippen molar-refractivity contribution in [2.75, 3.05) is 42.3 Å². The molecule has 9 heterocycles. The van der Waals surface area contributed by atoms with Gasteiger partial charge in [0.25, 0.3) is 0 Å². The first kappa shape index (κ1) is 79.2. The van der Waals surface area contributed by atoms with Crippen molar-refractivity contribution in [3.63, 3.8) is 0 Å². The molecule has 18 heteroatoms. The quantitative estimate of drug-likeness (QED) is 0.230. The van der Waals surface area contributed by atoms with E-state index >= 15 is 0 Å². The van der Waals surface area contributed by atoms with Crippen LogP contribution in [-0.2, 0) is 14.2 Å². The van der Waals surface area contributed by atoms with Crippen molar-refractivity contribution in [1.29, 1.82) is 0 Å². The van der Waals surface area contributed by atoms with Crippen LogP contribution >= 0.6 is 35.3 Å². The van der Waals surface area contributed by atoms with Crippen molar-refractivity contribution < 1.29 is 14.2 Å². The van der Waals surface area contributed by atoms with E-state index in [0.29, 0.717) is 17.7 Å². The monoisotopic (exact) mass is 1250 g/mol. The summed E-state index contributed by atoms with van der Waals surface area (Å²) in [6.07, 6.45) is 0. The molecular formula is C69H114N12O3S3. The van der Waals surface area contributed by atoms with E-state index in [0.717, 1.165) is 77.5 Å². The Morgan fingerprint density at radius 3 is 1.01 bits per heavy atom. The molecule has 3 saturated heterocycles. The number of nitrogens with zero attached hydrogens (tertiary/aromatic N) is 12. The number of aliphatic imine (C=N–C) groups is 6. The van der Waals surface area contributed by atoms with E-state index in [1.165, 1.54) is 4.91 Å². The van der Waals surface area contributed by atoms with Crippen LogP contribution in [-0.4, -0.2) is 154 Å². The third kappa shape index (κ3) is 19.8. The number of amidine groups is 2. The molecule has 87 heavy (non-hydrogen) atoms. The molecule has 0 aromatic heterocycles. The molecule has 0 aromatic carbocycles. The summed E-state index contributed by atoms with van der Waals surface area (Å²) in [4.78, 5) is 40.3.